The van der Waals surface area contributed by atoms with E-state index in [1.54, 1.807) is 13.8 Å². The Labute approximate surface area is 117 Å². The van der Waals surface area contributed by atoms with Crippen molar-refractivity contribution >= 4 is 29.0 Å². The summed E-state index contributed by atoms with van der Waals surface area (Å²) in [6.45, 7) is 3.18. The molecular weight excluding hydrogens is 288 g/mol. The van der Waals surface area contributed by atoms with Crippen molar-refractivity contribution in [3.63, 3.8) is 0 Å². The third-order valence-corrected chi connectivity index (χ3v) is 2.59. The molecule has 2 aromatic heterocycles. The minimum absolute atomic E-state index is 0.0244. The van der Waals surface area contributed by atoms with Crippen LogP contribution in [0.1, 0.15) is 22.1 Å². The van der Waals surface area contributed by atoms with Gasteiger partial charge in [0.1, 0.15) is 5.15 Å². The predicted molar refractivity (Wildman–Crippen MR) is 69.8 cm³/mol. The van der Waals surface area contributed by atoms with E-state index in [1.807, 2.05) is 0 Å². The molecule has 0 saturated carbocycles. The number of rotatable bonds is 3. The van der Waals surface area contributed by atoms with E-state index in [-0.39, 0.29) is 22.4 Å². The first kappa shape index (κ1) is 13.9. The number of carbonyl (C=O) groups is 1. The molecule has 0 spiro atoms. The number of halogens is 1. The minimum atomic E-state index is -0.680. The molecule has 0 saturated heterocycles. The van der Waals surface area contributed by atoms with E-state index < -0.39 is 10.8 Å². The number of nitrogens with zero attached hydrogens (tertiary/aromatic N) is 3. The number of hydrogen-bond acceptors (Lipinski definition) is 6. The van der Waals surface area contributed by atoms with Crippen LogP contribution in [0.15, 0.2) is 16.5 Å². The number of nitro groups is 1. The first-order chi connectivity index (χ1) is 9.38. The van der Waals surface area contributed by atoms with Gasteiger partial charge in [-0.25, -0.2) is 9.97 Å². The average molecular weight is 297 g/mol. The number of amides is 1. The van der Waals surface area contributed by atoms with Crippen molar-refractivity contribution in [2.75, 3.05) is 5.32 Å². The van der Waals surface area contributed by atoms with E-state index in [0.29, 0.717) is 11.6 Å². The Morgan fingerprint density at radius 1 is 1.40 bits per heavy atom. The van der Waals surface area contributed by atoms with Gasteiger partial charge in [-0.3, -0.25) is 20.2 Å². The summed E-state index contributed by atoms with van der Waals surface area (Å²) >= 11 is 5.67. The zero-order valence-electron chi connectivity index (χ0n) is 10.5. The highest BCUT2D eigenvalue weighted by Gasteiger charge is 2.22. The normalized spacial score (nSPS) is 10.3. The Morgan fingerprint density at radius 3 is 2.65 bits per heavy atom. The van der Waals surface area contributed by atoms with Crippen molar-refractivity contribution in [3.8, 4) is 0 Å². The maximum absolute atomic E-state index is 12.0. The van der Waals surface area contributed by atoms with Crippen LogP contribution in [-0.4, -0.2) is 20.8 Å². The summed E-state index contributed by atoms with van der Waals surface area (Å²) in [6.07, 6.45) is 0. The molecule has 9 heteroatoms. The van der Waals surface area contributed by atoms with Crippen LogP contribution >= 0.6 is 11.6 Å². The van der Waals surface area contributed by atoms with Crippen molar-refractivity contribution in [2.24, 2.45) is 0 Å². The zero-order valence-corrected chi connectivity index (χ0v) is 11.3. The summed E-state index contributed by atoms with van der Waals surface area (Å²) < 4.78 is 5.13. The predicted octanol–water partition coefficient (Wildman–Crippen LogP) is 2.50. The number of nitrogens with one attached hydrogen (secondary N) is 1. The SMILES string of the molecule is Cc1nc(C)c(C(=O)Nc2nc(Cl)ccc2[N+](=O)[O-])o1. The average Bonchev–Trinajstić information content (AvgIpc) is 2.68. The van der Waals surface area contributed by atoms with Gasteiger partial charge in [-0.2, -0.15) is 0 Å². The molecule has 0 radical (unpaired) electrons. The topological polar surface area (TPSA) is 111 Å². The van der Waals surface area contributed by atoms with E-state index in [1.165, 1.54) is 6.07 Å². The highest BCUT2D eigenvalue weighted by molar-refractivity contribution is 6.29. The molecule has 0 aliphatic heterocycles. The lowest BCUT2D eigenvalue weighted by molar-refractivity contribution is -0.384. The van der Waals surface area contributed by atoms with Gasteiger partial charge in [-0.1, -0.05) is 11.6 Å². The van der Waals surface area contributed by atoms with Gasteiger partial charge >= 0.3 is 5.69 Å². The Balaban J connectivity index is 2.34. The third-order valence-electron chi connectivity index (χ3n) is 2.38. The second-order valence-corrected chi connectivity index (χ2v) is 4.25. The van der Waals surface area contributed by atoms with Crippen LogP contribution in [0.25, 0.3) is 0 Å². The van der Waals surface area contributed by atoms with Crippen molar-refractivity contribution in [1.29, 1.82) is 0 Å². The van der Waals surface area contributed by atoms with Gasteiger partial charge < -0.3 is 4.42 Å². The molecule has 0 atom stereocenters. The zero-order chi connectivity index (χ0) is 14.9. The van der Waals surface area contributed by atoms with Gasteiger partial charge in [0.05, 0.1) is 10.6 Å². The largest absolute Gasteiger partial charge is 0.436 e. The van der Waals surface area contributed by atoms with E-state index in [9.17, 15) is 14.9 Å². The van der Waals surface area contributed by atoms with Crippen molar-refractivity contribution in [2.45, 2.75) is 13.8 Å². The smallest absolute Gasteiger partial charge is 0.311 e. The van der Waals surface area contributed by atoms with E-state index >= 15 is 0 Å². The summed E-state index contributed by atoms with van der Waals surface area (Å²) in [7, 11) is 0. The molecule has 0 aliphatic rings. The van der Waals surface area contributed by atoms with Crippen molar-refractivity contribution in [1.82, 2.24) is 9.97 Å². The molecule has 1 amide bonds. The first-order valence-corrected chi connectivity index (χ1v) is 5.82. The van der Waals surface area contributed by atoms with Crippen molar-refractivity contribution < 1.29 is 14.1 Å². The van der Waals surface area contributed by atoms with Crippen LogP contribution < -0.4 is 5.32 Å². The van der Waals surface area contributed by atoms with Crippen LogP contribution in [0.3, 0.4) is 0 Å². The molecular formula is C11H9ClN4O4. The van der Waals surface area contributed by atoms with Gasteiger partial charge in [0.15, 0.2) is 5.89 Å². The fourth-order valence-electron chi connectivity index (χ4n) is 1.57. The fourth-order valence-corrected chi connectivity index (χ4v) is 1.72. The molecule has 2 heterocycles. The lowest BCUT2D eigenvalue weighted by atomic mass is 10.3. The van der Waals surface area contributed by atoms with Crippen LogP contribution in [-0.2, 0) is 0 Å². The number of oxazole rings is 1. The van der Waals surface area contributed by atoms with Gasteiger partial charge in [0.25, 0.3) is 5.91 Å². The van der Waals surface area contributed by atoms with Gasteiger partial charge in [0, 0.05) is 13.0 Å². The molecule has 0 fully saturated rings. The number of anilines is 1. The lowest BCUT2D eigenvalue weighted by Crippen LogP contribution is -2.14. The van der Waals surface area contributed by atoms with E-state index in [2.05, 4.69) is 15.3 Å². The van der Waals surface area contributed by atoms with Crippen molar-refractivity contribution in [3.05, 3.63) is 44.7 Å². The van der Waals surface area contributed by atoms with Crippen LogP contribution in [0.4, 0.5) is 11.5 Å². The highest BCUT2D eigenvalue weighted by Crippen LogP contribution is 2.24. The lowest BCUT2D eigenvalue weighted by Gasteiger charge is -2.03. The maximum Gasteiger partial charge on any atom is 0.311 e. The molecule has 104 valence electrons. The maximum atomic E-state index is 12.0. The molecule has 20 heavy (non-hydrogen) atoms. The fraction of sp³-hybridized carbons (Fsp3) is 0.182. The minimum Gasteiger partial charge on any atom is -0.436 e. The monoisotopic (exact) mass is 296 g/mol. The van der Waals surface area contributed by atoms with Crippen LogP contribution in [0.2, 0.25) is 5.15 Å². The molecule has 2 aromatic rings. The molecule has 8 nitrogen and oxygen atoms in total. The van der Waals surface area contributed by atoms with Crippen LogP contribution in [0.5, 0.6) is 0 Å². The summed E-state index contributed by atoms with van der Waals surface area (Å²) in [5.41, 5.74) is 0.0151. The summed E-state index contributed by atoms with van der Waals surface area (Å²) in [5, 5.41) is 13.2. The molecule has 0 unspecified atom stereocenters. The molecule has 1 N–H and O–H groups in total. The number of aryl methyl sites for hydroxylation is 2. The number of carbonyl (C=O) groups excluding carboxylic acids is 1. The second kappa shape index (κ2) is 5.25. The quantitative estimate of drug-likeness (QED) is 0.529. The molecule has 2 rings (SSSR count). The first-order valence-electron chi connectivity index (χ1n) is 5.45. The molecule has 0 aliphatic carbocycles. The Kier molecular flexibility index (Phi) is 3.66. The standard InChI is InChI=1S/C11H9ClN4O4/c1-5-9(20-6(2)13-5)11(17)15-10-7(16(18)19)3-4-8(12)14-10/h3-4H,1-2H3,(H,14,15,17). The molecule has 0 aromatic carbocycles. The van der Waals surface area contributed by atoms with Gasteiger partial charge in [-0.05, 0) is 13.0 Å². The summed E-state index contributed by atoms with van der Waals surface area (Å²) in [5.74, 6) is -0.637. The number of pyridine rings is 1. The summed E-state index contributed by atoms with van der Waals surface area (Å²) in [6, 6.07) is 2.42. The molecule has 0 bridgehead atoms. The second-order valence-electron chi connectivity index (χ2n) is 3.86. The Hall–Kier alpha value is -2.48. The number of hydrogen-bond donors (Lipinski definition) is 1. The highest BCUT2D eigenvalue weighted by atomic mass is 35.5. The Morgan fingerprint density at radius 2 is 2.10 bits per heavy atom. The Bertz CT molecular complexity index is 698. The van der Waals surface area contributed by atoms with E-state index in [4.69, 9.17) is 16.0 Å². The van der Waals surface area contributed by atoms with Gasteiger partial charge in [0.2, 0.25) is 11.6 Å². The van der Waals surface area contributed by atoms with Crippen LogP contribution in [0, 0.1) is 24.0 Å². The third kappa shape index (κ3) is 2.75. The number of aromatic nitrogens is 2. The van der Waals surface area contributed by atoms with E-state index in [0.717, 1.165) is 6.07 Å². The van der Waals surface area contributed by atoms with Gasteiger partial charge in [-0.15, -0.1) is 0 Å². The summed E-state index contributed by atoms with van der Waals surface area (Å²) in [4.78, 5) is 29.8.